The van der Waals surface area contributed by atoms with Gasteiger partial charge in [0, 0.05) is 11.9 Å². The van der Waals surface area contributed by atoms with Crippen molar-refractivity contribution in [1.82, 2.24) is 0 Å². The van der Waals surface area contributed by atoms with Crippen molar-refractivity contribution >= 4 is 10.1 Å². The van der Waals surface area contributed by atoms with E-state index in [1.54, 1.807) is 0 Å². The van der Waals surface area contributed by atoms with Crippen LogP contribution in [0.15, 0.2) is 0 Å². The summed E-state index contributed by atoms with van der Waals surface area (Å²) in [5.74, 6) is 0. The first-order valence-corrected chi connectivity index (χ1v) is 6.01. The van der Waals surface area contributed by atoms with Crippen LogP contribution in [0.2, 0.25) is 0 Å². The molecule has 0 aliphatic carbocycles. The van der Waals surface area contributed by atoms with Crippen LogP contribution in [0.3, 0.4) is 0 Å². The fourth-order valence-corrected chi connectivity index (χ4v) is 1.50. The molecular weight excluding hydrogens is 231 g/mol. The summed E-state index contributed by atoms with van der Waals surface area (Å²) in [6, 6.07) is 0. The van der Waals surface area contributed by atoms with Crippen LogP contribution in [0.25, 0.3) is 0 Å². The molecule has 14 heavy (non-hydrogen) atoms. The summed E-state index contributed by atoms with van der Waals surface area (Å²) in [7, 11) is -4.09. The first kappa shape index (κ1) is 17.9. The molecule has 4 nitrogen and oxygen atoms in total. The molecule has 6 heteroatoms. The van der Waals surface area contributed by atoms with Gasteiger partial charge in [0.2, 0.25) is 0 Å². The second-order valence-electron chi connectivity index (χ2n) is 3.23. The van der Waals surface area contributed by atoms with E-state index in [-0.39, 0.29) is 58.0 Å². The molecule has 0 fully saturated rings. The monoisotopic (exact) mass is 248 g/mol. The predicted molar refractivity (Wildman–Crippen MR) is 49.3 cm³/mol. The molecule has 0 radical (unpaired) electrons. The molecule has 1 N–H and O–H groups in total. The largest absolute Gasteiger partial charge is 1.00 e. The summed E-state index contributed by atoms with van der Waals surface area (Å²) in [4.78, 5) is 0. The second kappa shape index (κ2) is 9.71. The maximum Gasteiger partial charge on any atom is 1.00 e. The van der Waals surface area contributed by atoms with Gasteiger partial charge in [0.15, 0.2) is 0 Å². The Morgan fingerprint density at radius 3 is 2.14 bits per heavy atom. The van der Waals surface area contributed by atoms with Gasteiger partial charge in [0.05, 0.1) is 10.1 Å². The molecule has 0 amide bonds. The maximum atomic E-state index is 10.5. The van der Waals surface area contributed by atoms with E-state index in [0.29, 0.717) is 6.42 Å². The first-order valence-electron chi connectivity index (χ1n) is 4.54. The van der Waals surface area contributed by atoms with E-state index in [0.717, 1.165) is 25.7 Å². The quantitative estimate of drug-likeness (QED) is 0.317. The summed E-state index contributed by atoms with van der Waals surface area (Å²) in [5.41, 5.74) is 0. The molecule has 0 aromatic rings. The van der Waals surface area contributed by atoms with E-state index in [4.69, 9.17) is 5.11 Å². The van der Waals surface area contributed by atoms with Gasteiger partial charge in [0.1, 0.15) is 0 Å². The number of hydrogen-bond donors (Lipinski definition) is 1. The van der Waals surface area contributed by atoms with Crippen molar-refractivity contribution in [2.45, 2.75) is 44.3 Å². The molecular formula is C8H17KO4S. The molecule has 80 valence electrons. The molecule has 1 unspecified atom stereocenters. The van der Waals surface area contributed by atoms with Crippen LogP contribution in [0, 0.1) is 0 Å². The Morgan fingerprint density at radius 1 is 1.21 bits per heavy atom. The molecule has 0 spiro atoms. The van der Waals surface area contributed by atoms with Crippen molar-refractivity contribution in [3.63, 3.8) is 0 Å². The molecule has 0 saturated heterocycles. The van der Waals surface area contributed by atoms with E-state index < -0.39 is 15.4 Å². The van der Waals surface area contributed by atoms with Gasteiger partial charge >= 0.3 is 51.4 Å². The average Bonchev–Trinajstić information content (AvgIpc) is 2.02. The Morgan fingerprint density at radius 2 is 1.71 bits per heavy atom. The van der Waals surface area contributed by atoms with Gasteiger partial charge in [-0.15, -0.1) is 0 Å². The summed E-state index contributed by atoms with van der Waals surface area (Å²) >= 11 is 0. The number of aliphatic hydroxyl groups is 1. The van der Waals surface area contributed by atoms with Crippen LogP contribution >= 0.6 is 0 Å². The summed E-state index contributed by atoms with van der Waals surface area (Å²) in [6.45, 7) is 1.61. The van der Waals surface area contributed by atoms with Gasteiger partial charge in [0.25, 0.3) is 0 Å². The van der Waals surface area contributed by atoms with Gasteiger partial charge in [-0.2, -0.15) is 0 Å². The van der Waals surface area contributed by atoms with Crippen molar-refractivity contribution in [3.05, 3.63) is 0 Å². The minimum absolute atomic E-state index is 0. The Hall–Kier alpha value is 1.51. The first-order chi connectivity index (χ1) is 5.98. The predicted octanol–water partition coefficient (Wildman–Crippen LogP) is -2.13. The van der Waals surface area contributed by atoms with Gasteiger partial charge < -0.3 is 9.66 Å². The number of aliphatic hydroxyl groups excluding tert-OH is 1. The molecule has 0 aliphatic rings. The fourth-order valence-electron chi connectivity index (χ4n) is 1.04. The van der Waals surface area contributed by atoms with Gasteiger partial charge in [-0.1, -0.05) is 19.3 Å². The smallest absolute Gasteiger partial charge is 0.748 e. The van der Waals surface area contributed by atoms with Crippen molar-refractivity contribution in [2.75, 3.05) is 6.61 Å². The number of hydrogen-bond acceptors (Lipinski definition) is 4. The Balaban J connectivity index is 0. The summed E-state index contributed by atoms with van der Waals surface area (Å²) < 4.78 is 31.4. The standard InChI is InChI=1S/C8H18O4S.K/c1-8(13(10,11)12)6-4-2-3-5-7-9;/h8-9H,2-7H2,1H3,(H,10,11,12);/q;+1/p-1. The molecule has 0 bridgehead atoms. The minimum Gasteiger partial charge on any atom is -0.748 e. The van der Waals surface area contributed by atoms with Crippen LogP contribution in [-0.2, 0) is 10.1 Å². The van der Waals surface area contributed by atoms with Crippen LogP contribution < -0.4 is 51.4 Å². The summed E-state index contributed by atoms with van der Waals surface area (Å²) in [5, 5.41) is 7.68. The van der Waals surface area contributed by atoms with Crippen molar-refractivity contribution < 1.29 is 69.5 Å². The molecule has 0 aromatic heterocycles. The van der Waals surface area contributed by atoms with Crippen molar-refractivity contribution in [1.29, 1.82) is 0 Å². The van der Waals surface area contributed by atoms with E-state index in [9.17, 15) is 13.0 Å². The normalized spacial score (nSPS) is 13.4. The van der Waals surface area contributed by atoms with Crippen molar-refractivity contribution in [3.8, 4) is 0 Å². The Kier molecular flexibility index (Phi) is 12.4. The maximum absolute atomic E-state index is 10.5. The van der Waals surface area contributed by atoms with Gasteiger partial charge in [-0.3, -0.25) is 0 Å². The minimum atomic E-state index is -4.09. The van der Waals surface area contributed by atoms with Gasteiger partial charge in [-0.05, 0) is 19.8 Å². The zero-order chi connectivity index (χ0) is 10.3. The van der Waals surface area contributed by atoms with E-state index >= 15 is 0 Å². The Bertz CT molecular complexity index is 215. The number of rotatable bonds is 7. The topological polar surface area (TPSA) is 77.4 Å². The van der Waals surface area contributed by atoms with Crippen LogP contribution in [-0.4, -0.2) is 29.9 Å². The molecule has 1 atom stereocenters. The molecule has 0 saturated carbocycles. The molecule has 0 aromatic carbocycles. The molecule has 0 aliphatic heterocycles. The summed E-state index contributed by atoms with van der Waals surface area (Å²) in [6.07, 6.45) is 3.68. The van der Waals surface area contributed by atoms with Crippen LogP contribution in [0.5, 0.6) is 0 Å². The Labute approximate surface area is 129 Å². The van der Waals surface area contributed by atoms with Crippen molar-refractivity contribution in [2.24, 2.45) is 0 Å². The average molecular weight is 248 g/mol. The molecule has 0 heterocycles. The van der Waals surface area contributed by atoms with Crippen LogP contribution in [0.4, 0.5) is 0 Å². The SMILES string of the molecule is CC(CCCCCCO)S(=O)(=O)[O-].[K+]. The van der Waals surface area contributed by atoms with E-state index in [2.05, 4.69) is 0 Å². The molecule has 0 rings (SSSR count). The number of unbranched alkanes of at least 4 members (excludes halogenated alkanes) is 3. The third-order valence-electron chi connectivity index (χ3n) is 2.01. The third-order valence-corrected chi connectivity index (χ3v) is 3.23. The third kappa shape index (κ3) is 10.0. The van der Waals surface area contributed by atoms with E-state index in [1.165, 1.54) is 6.92 Å². The van der Waals surface area contributed by atoms with Crippen LogP contribution in [0.1, 0.15) is 39.0 Å². The fraction of sp³-hybridized carbons (Fsp3) is 1.00. The zero-order valence-electron chi connectivity index (χ0n) is 8.90. The van der Waals surface area contributed by atoms with E-state index in [1.807, 2.05) is 0 Å². The van der Waals surface area contributed by atoms with Gasteiger partial charge in [-0.25, -0.2) is 8.42 Å². The second-order valence-corrected chi connectivity index (χ2v) is 5.02. The zero-order valence-corrected chi connectivity index (χ0v) is 12.8.